The van der Waals surface area contributed by atoms with Crippen molar-refractivity contribution in [2.45, 2.75) is 12.1 Å². The van der Waals surface area contributed by atoms with E-state index >= 15 is 0 Å². The molecule has 1 amide bonds. The maximum absolute atomic E-state index is 12.3. The number of thioether (sulfide) groups is 1. The number of thiophene rings is 1. The number of nitrogens with zero attached hydrogens (tertiary/aromatic N) is 4. The summed E-state index contributed by atoms with van der Waals surface area (Å²) in [7, 11) is 1.63. The molecule has 1 N–H and O–H groups in total. The third kappa shape index (κ3) is 5.24. The third-order valence-corrected chi connectivity index (χ3v) is 6.27. The molecule has 4 aromatic rings. The van der Waals surface area contributed by atoms with Gasteiger partial charge in [0.05, 0.1) is 19.1 Å². The average Bonchev–Trinajstić information content (AvgIpc) is 3.48. The lowest BCUT2D eigenvalue weighted by Crippen LogP contribution is -2.19. The molecule has 0 saturated heterocycles. The van der Waals surface area contributed by atoms with Gasteiger partial charge in [0.15, 0.2) is 11.0 Å². The molecule has 2 aromatic carbocycles. The monoisotopic (exact) mass is 463 g/mol. The fraction of sp³-hybridized carbons (Fsp3) is 0.130. The minimum absolute atomic E-state index is 0.161. The van der Waals surface area contributed by atoms with Gasteiger partial charge in [-0.1, -0.05) is 35.5 Å². The highest BCUT2D eigenvalue weighted by molar-refractivity contribution is 7.99. The molecule has 0 bridgehead atoms. The maximum Gasteiger partial charge on any atom is 0.250 e. The van der Waals surface area contributed by atoms with Crippen LogP contribution in [-0.4, -0.2) is 39.7 Å². The molecule has 0 atom stereocenters. The van der Waals surface area contributed by atoms with Crippen LogP contribution in [0.5, 0.6) is 5.75 Å². The lowest BCUT2D eigenvalue weighted by atomic mass is 10.2. The standard InChI is InChI=1S/C23H21N5O2S2/c1-16-5-9-18(10-6-16)28-22(17-7-11-19(30-2)12-8-17)26-27-23(28)32-15-21(29)25-24-14-20-4-3-13-31-20/h3-14H,15H2,1-2H3,(H,25,29)/b24-14+. The molecule has 32 heavy (non-hydrogen) atoms. The Morgan fingerprint density at radius 3 is 2.62 bits per heavy atom. The maximum atomic E-state index is 12.3. The molecule has 0 aliphatic heterocycles. The lowest BCUT2D eigenvalue weighted by molar-refractivity contribution is -0.118. The summed E-state index contributed by atoms with van der Waals surface area (Å²) in [4.78, 5) is 13.2. The molecule has 2 heterocycles. The molecule has 0 aliphatic rings. The Morgan fingerprint density at radius 1 is 1.16 bits per heavy atom. The molecule has 0 fully saturated rings. The minimum Gasteiger partial charge on any atom is -0.497 e. The summed E-state index contributed by atoms with van der Waals surface area (Å²) >= 11 is 2.86. The van der Waals surface area contributed by atoms with E-state index in [9.17, 15) is 4.79 Å². The number of nitrogens with one attached hydrogen (secondary N) is 1. The summed E-state index contributed by atoms with van der Waals surface area (Å²) in [6, 6.07) is 19.6. The van der Waals surface area contributed by atoms with E-state index in [0.717, 1.165) is 27.4 Å². The highest BCUT2D eigenvalue weighted by atomic mass is 32.2. The summed E-state index contributed by atoms with van der Waals surface area (Å²) in [6.45, 7) is 2.04. The molecular weight excluding hydrogens is 442 g/mol. The summed E-state index contributed by atoms with van der Waals surface area (Å²) in [5.41, 5.74) is 5.53. The number of aryl methyl sites for hydroxylation is 1. The van der Waals surface area contributed by atoms with E-state index in [1.165, 1.54) is 11.8 Å². The smallest absolute Gasteiger partial charge is 0.250 e. The van der Waals surface area contributed by atoms with Crippen LogP contribution in [0.1, 0.15) is 10.4 Å². The Hall–Kier alpha value is -3.43. The molecule has 0 saturated carbocycles. The first-order valence-electron chi connectivity index (χ1n) is 9.79. The molecule has 0 radical (unpaired) electrons. The highest BCUT2D eigenvalue weighted by Gasteiger charge is 2.17. The number of hydrogen-bond acceptors (Lipinski definition) is 7. The van der Waals surface area contributed by atoms with Crippen molar-refractivity contribution in [1.82, 2.24) is 20.2 Å². The number of benzene rings is 2. The van der Waals surface area contributed by atoms with Gasteiger partial charge >= 0.3 is 0 Å². The van der Waals surface area contributed by atoms with Crippen LogP contribution in [0.2, 0.25) is 0 Å². The summed E-state index contributed by atoms with van der Waals surface area (Å²) in [5, 5.41) is 15.3. The molecule has 2 aromatic heterocycles. The number of amides is 1. The van der Waals surface area contributed by atoms with Crippen LogP contribution in [0.15, 0.2) is 76.3 Å². The SMILES string of the molecule is COc1ccc(-c2nnc(SCC(=O)N/N=C/c3cccs3)n2-c2ccc(C)cc2)cc1. The first-order valence-corrected chi connectivity index (χ1v) is 11.7. The number of aromatic nitrogens is 3. The van der Waals surface area contributed by atoms with E-state index in [2.05, 4.69) is 20.7 Å². The number of ether oxygens (including phenoxy) is 1. The Morgan fingerprint density at radius 2 is 1.94 bits per heavy atom. The first-order chi connectivity index (χ1) is 15.6. The zero-order valence-electron chi connectivity index (χ0n) is 17.6. The van der Waals surface area contributed by atoms with Crippen LogP contribution in [0.3, 0.4) is 0 Å². The van der Waals surface area contributed by atoms with Crippen molar-refractivity contribution in [2.24, 2.45) is 5.10 Å². The molecule has 0 unspecified atom stereocenters. The molecule has 9 heteroatoms. The predicted molar refractivity (Wildman–Crippen MR) is 129 cm³/mol. The van der Waals surface area contributed by atoms with E-state index in [1.807, 2.05) is 77.5 Å². The van der Waals surface area contributed by atoms with Crippen molar-refractivity contribution in [3.8, 4) is 22.8 Å². The van der Waals surface area contributed by atoms with Gasteiger partial charge in [-0.05, 0) is 54.8 Å². The number of carbonyl (C=O) groups excluding carboxylic acids is 1. The second kappa shape index (κ2) is 10.3. The van der Waals surface area contributed by atoms with Crippen molar-refractivity contribution in [2.75, 3.05) is 12.9 Å². The normalized spacial score (nSPS) is 11.1. The Balaban J connectivity index is 1.55. The van der Waals surface area contributed by atoms with Gasteiger partial charge in [0.25, 0.3) is 5.91 Å². The minimum atomic E-state index is -0.216. The molecule has 0 spiro atoms. The molecule has 4 rings (SSSR count). The Kier molecular flexibility index (Phi) is 6.98. The van der Waals surface area contributed by atoms with Crippen LogP contribution in [-0.2, 0) is 4.79 Å². The van der Waals surface area contributed by atoms with Gasteiger partial charge in [0.2, 0.25) is 0 Å². The van der Waals surface area contributed by atoms with E-state index in [-0.39, 0.29) is 11.7 Å². The van der Waals surface area contributed by atoms with Gasteiger partial charge < -0.3 is 4.74 Å². The second-order valence-electron chi connectivity index (χ2n) is 6.80. The van der Waals surface area contributed by atoms with Gasteiger partial charge in [0.1, 0.15) is 5.75 Å². The Labute approximate surface area is 194 Å². The first kappa shape index (κ1) is 21.8. The zero-order chi connectivity index (χ0) is 22.3. The van der Waals surface area contributed by atoms with Crippen molar-refractivity contribution in [3.05, 3.63) is 76.5 Å². The molecule has 162 valence electrons. The van der Waals surface area contributed by atoms with E-state index in [0.29, 0.717) is 11.0 Å². The number of methoxy groups -OCH3 is 1. The highest BCUT2D eigenvalue weighted by Crippen LogP contribution is 2.29. The zero-order valence-corrected chi connectivity index (χ0v) is 19.2. The molecule has 7 nitrogen and oxygen atoms in total. The van der Waals surface area contributed by atoms with Crippen LogP contribution in [0.25, 0.3) is 17.1 Å². The van der Waals surface area contributed by atoms with Gasteiger partial charge in [0, 0.05) is 16.1 Å². The Bertz CT molecular complexity index is 1200. The van der Waals surface area contributed by atoms with Crippen LogP contribution in [0, 0.1) is 6.92 Å². The van der Waals surface area contributed by atoms with E-state index in [4.69, 9.17) is 4.74 Å². The second-order valence-corrected chi connectivity index (χ2v) is 8.72. The fourth-order valence-corrected chi connectivity index (χ4v) is 4.24. The van der Waals surface area contributed by atoms with Gasteiger partial charge in [-0.2, -0.15) is 5.10 Å². The number of hydrazone groups is 1. The largest absolute Gasteiger partial charge is 0.497 e. The summed E-state index contributed by atoms with van der Waals surface area (Å²) in [6.07, 6.45) is 1.63. The van der Waals surface area contributed by atoms with Gasteiger partial charge in [-0.15, -0.1) is 21.5 Å². The van der Waals surface area contributed by atoms with Crippen molar-refractivity contribution in [1.29, 1.82) is 0 Å². The number of rotatable bonds is 8. The van der Waals surface area contributed by atoms with Crippen molar-refractivity contribution < 1.29 is 9.53 Å². The number of carbonyl (C=O) groups is 1. The molecule has 0 aliphatic carbocycles. The number of hydrogen-bond donors (Lipinski definition) is 1. The summed E-state index contributed by atoms with van der Waals surface area (Å²) < 4.78 is 7.21. The van der Waals surface area contributed by atoms with E-state index < -0.39 is 0 Å². The van der Waals surface area contributed by atoms with Gasteiger partial charge in [-0.3, -0.25) is 9.36 Å². The quantitative estimate of drug-likeness (QED) is 0.235. The lowest BCUT2D eigenvalue weighted by Gasteiger charge is -2.11. The topological polar surface area (TPSA) is 81.4 Å². The van der Waals surface area contributed by atoms with Crippen molar-refractivity contribution in [3.63, 3.8) is 0 Å². The van der Waals surface area contributed by atoms with Crippen LogP contribution < -0.4 is 10.2 Å². The average molecular weight is 464 g/mol. The molecular formula is C23H21N5O2S2. The third-order valence-electron chi connectivity index (χ3n) is 4.53. The predicted octanol–water partition coefficient (Wildman–Crippen LogP) is 4.56. The summed E-state index contributed by atoms with van der Waals surface area (Å²) in [5.74, 6) is 1.40. The van der Waals surface area contributed by atoms with Gasteiger partial charge in [-0.25, -0.2) is 5.43 Å². The van der Waals surface area contributed by atoms with Crippen LogP contribution >= 0.6 is 23.1 Å². The van der Waals surface area contributed by atoms with Crippen LogP contribution in [0.4, 0.5) is 0 Å². The van der Waals surface area contributed by atoms with E-state index in [1.54, 1.807) is 24.7 Å². The van der Waals surface area contributed by atoms with Crippen molar-refractivity contribution >= 4 is 35.2 Å². The fourth-order valence-electron chi connectivity index (χ4n) is 2.91.